The molecule has 1 aromatic carbocycles. The second-order valence-corrected chi connectivity index (χ2v) is 7.22. The smallest absolute Gasteiger partial charge is 0.228 e. The zero-order valence-electron chi connectivity index (χ0n) is 15.7. The molecule has 1 aliphatic rings. The average molecular weight is 392 g/mol. The van der Waals surface area contributed by atoms with Gasteiger partial charge < -0.3 is 26.0 Å². The first-order valence-electron chi connectivity index (χ1n) is 9.03. The molecule has 1 atom stereocenters. The van der Waals surface area contributed by atoms with Crippen molar-refractivity contribution >= 4 is 23.5 Å². The van der Waals surface area contributed by atoms with E-state index in [1.54, 1.807) is 0 Å². The van der Waals surface area contributed by atoms with Gasteiger partial charge in [-0.25, -0.2) is 0 Å². The van der Waals surface area contributed by atoms with Gasteiger partial charge in [-0.3, -0.25) is 0 Å². The number of nitrogens with two attached hydrogens (primary N) is 1. The monoisotopic (exact) mass is 391 g/mol. The summed E-state index contributed by atoms with van der Waals surface area (Å²) in [5.41, 5.74) is 7.73. The number of morpholine rings is 1. The lowest BCUT2D eigenvalue weighted by atomic mass is 10.0. The Hall–Kier alpha value is -2.00. The van der Waals surface area contributed by atoms with Gasteiger partial charge >= 0.3 is 0 Å². The molecule has 0 spiro atoms. The Balaban J connectivity index is 1.79. The third kappa shape index (κ3) is 5.74. The highest BCUT2D eigenvalue weighted by Crippen LogP contribution is 2.27. The van der Waals surface area contributed by atoms with Gasteiger partial charge in [0, 0.05) is 23.7 Å². The van der Waals surface area contributed by atoms with Crippen molar-refractivity contribution in [1.82, 2.24) is 25.2 Å². The van der Waals surface area contributed by atoms with E-state index in [2.05, 4.69) is 30.5 Å². The van der Waals surface area contributed by atoms with Gasteiger partial charge in [-0.2, -0.15) is 15.0 Å². The highest BCUT2D eigenvalue weighted by atomic mass is 35.5. The molecule has 0 aliphatic carbocycles. The Kier molecular flexibility index (Phi) is 6.78. The molecule has 1 saturated heterocycles. The van der Waals surface area contributed by atoms with Crippen molar-refractivity contribution in [3.05, 3.63) is 28.8 Å². The second-order valence-electron chi connectivity index (χ2n) is 6.78. The summed E-state index contributed by atoms with van der Waals surface area (Å²) in [5.74, 6) is 1.14. The van der Waals surface area contributed by atoms with Crippen LogP contribution in [-0.2, 0) is 4.74 Å². The summed E-state index contributed by atoms with van der Waals surface area (Å²) in [6.07, 6.45) is 0.975. The summed E-state index contributed by atoms with van der Waals surface area (Å²) in [5, 5.41) is 7.26. The lowest BCUT2D eigenvalue weighted by Gasteiger charge is -2.24. The molecule has 1 unspecified atom stereocenters. The van der Waals surface area contributed by atoms with Crippen molar-refractivity contribution in [1.29, 1.82) is 0 Å². The largest absolute Gasteiger partial charge is 0.378 e. The number of nitrogen functional groups attached to an aromatic ring is 1. The molecule has 1 aromatic heterocycles. The van der Waals surface area contributed by atoms with E-state index < -0.39 is 0 Å². The topological polar surface area (TPSA) is 101 Å². The van der Waals surface area contributed by atoms with Crippen LogP contribution in [0.3, 0.4) is 0 Å². The zero-order valence-corrected chi connectivity index (χ0v) is 16.5. The number of rotatable bonds is 7. The molecule has 146 valence electrons. The SMILES string of the molecule is CN(C)CCCNc1nc(N)nc(-c2cc(Cl)cc(C3COCCN3)c2)n1. The fraction of sp³-hybridized carbons (Fsp3) is 0.500. The Morgan fingerprint density at radius 1 is 1.30 bits per heavy atom. The Morgan fingerprint density at radius 3 is 2.89 bits per heavy atom. The van der Waals surface area contributed by atoms with E-state index in [1.807, 2.05) is 32.3 Å². The van der Waals surface area contributed by atoms with Crippen LogP contribution in [0.2, 0.25) is 5.02 Å². The standard InChI is InChI=1S/C18H26ClN7O/c1-26(2)6-3-4-22-18-24-16(23-17(20)25-18)13-8-12(9-14(19)10-13)15-11-27-7-5-21-15/h8-10,15,21H,3-7,11H2,1-2H3,(H3,20,22,23,24,25). The van der Waals surface area contributed by atoms with Gasteiger partial charge in [0.15, 0.2) is 5.82 Å². The van der Waals surface area contributed by atoms with Crippen LogP contribution in [0, 0.1) is 0 Å². The molecule has 0 bridgehead atoms. The molecule has 4 N–H and O–H groups in total. The van der Waals surface area contributed by atoms with Crippen LogP contribution in [0.5, 0.6) is 0 Å². The Labute approximate surface area is 164 Å². The number of ether oxygens (including phenoxy) is 1. The summed E-state index contributed by atoms with van der Waals surface area (Å²) >= 11 is 6.34. The first-order valence-corrected chi connectivity index (χ1v) is 9.41. The molecule has 8 nitrogen and oxygen atoms in total. The van der Waals surface area contributed by atoms with Crippen LogP contribution >= 0.6 is 11.6 Å². The van der Waals surface area contributed by atoms with Crippen LogP contribution in [0.25, 0.3) is 11.4 Å². The number of aromatic nitrogens is 3. The first-order chi connectivity index (χ1) is 13.0. The molecular formula is C18H26ClN7O. The molecule has 1 aliphatic heterocycles. The molecule has 2 heterocycles. The molecular weight excluding hydrogens is 366 g/mol. The second kappa shape index (κ2) is 9.27. The molecule has 27 heavy (non-hydrogen) atoms. The van der Waals surface area contributed by atoms with E-state index in [1.165, 1.54) is 0 Å². The molecule has 3 rings (SSSR count). The highest BCUT2D eigenvalue weighted by molar-refractivity contribution is 6.30. The van der Waals surface area contributed by atoms with Gasteiger partial charge in [-0.1, -0.05) is 11.6 Å². The van der Waals surface area contributed by atoms with E-state index in [9.17, 15) is 0 Å². The molecule has 0 radical (unpaired) electrons. The number of hydrogen-bond acceptors (Lipinski definition) is 8. The number of nitrogens with one attached hydrogen (secondary N) is 2. The number of halogens is 1. The highest BCUT2D eigenvalue weighted by Gasteiger charge is 2.17. The fourth-order valence-electron chi connectivity index (χ4n) is 2.92. The van der Waals surface area contributed by atoms with Crippen LogP contribution in [0.15, 0.2) is 18.2 Å². The molecule has 1 fully saturated rings. The van der Waals surface area contributed by atoms with Gasteiger partial charge in [0.25, 0.3) is 0 Å². The van der Waals surface area contributed by atoms with Crippen LogP contribution in [-0.4, -0.2) is 66.8 Å². The molecule has 0 saturated carbocycles. The van der Waals surface area contributed by atoms with Crippen LogP contribution < -0.4 is 16.4 Å². The number of anilines is 2. The quantitative estimate of drug-likeness (QED) is 0.614. The van der Waals surface area contributed by atoms with E-state index in [4.69, 9.17) is 22.1 Å². The number of nitrogens with zero attached hydrogens (tertiary/aromatic N) is 4. The van der Waals surface area contributed by atoms with Crippen molar-refractivity contribution < 1.29 is 4.74 Å². The van der Waals surface area contributed by atoms with E-state index in [0.717, 1.165) is 43.8 Å². The molecule has 9 heteroatoms. The molecule has 2 aromatic rings. The third-order valence-corrected chi connectivity index (χ3v) is 4.44. The summed E-state index contributed by atoms with van der Waals surface area (Å²) < 4.78 is 5.55. The summed E-state index contributed by atoms with van der Waals surface area (Å²) in [7, 11) is 4.09. The van der Waals surface area contributed by atoms with Crippen molar-refractivity contribution in [2.24, 2.45) is 0 Å². The minimum Gasteiger partial charge on any atom is -0.378 e. The van der Waals surface area contributed by atoms with Crippen molar-refractivity contribution in [3.8, 4) is 11.4 Å². The first kappa shape index (κ1) is 19.8. The molecule has 0 amide bonds. The Bertz CT molecular complexity index is 765. The van der Waals surface area contributed by atoms with Gasteiger partial charge in [-0.05, 0) is 50.8 Å². The van der Waals surface area contributed by atoms with Gasteiger partial charge in [-0.15, -0.1) is 0 Å². The predicted molar refractivity (Wildman–Crippen MR) is 108 cm³/mol. The van der Waals surface area contributed by atoms with E-state index in [-0.39, 0.29) is 12.0 Å². The van der Waals surface area contributed by atoms with E-state index >= 15 is 0 Å². The maximum atomic E-state index is 6.34. The Morgan fingerprint density at radius 2 is 2.15 bits per heavy atom. The van der Waals surface area contributed by atoms with E-state index in [0.29, 0.717) is 23.4 Å². The lowest BCUT2D eigenvalue weighted by Crippen LogP contribution is -2.34. The summed E-state index contributed by atoms with van der Waals surface area (Å²) in [6, 6.07) is 5.88. The predicted octanol–water partition coefficient (Wildman–Crippen LogP) is 1.80. The van der Waals surface area contributed by atoms with Gasteiger partial charge in [0.1, 0.15) is 0 Å². The third-order valence-electron chi connectivity index (χ3n) is 4.22. The number of benzene rings is 1. The summed E-state index contributed by atoms with van der Waals surface area (Å²) in [6.45, 7) is 3.88. The lowest BCUT2D eigenvalue weighted by molar-refractivity contribution is 0.0769. The normalized spacial score (nSPS) is 17.3. The van der Waals surface area contributed by atoms with Gasteiger partial charge in [0.2, 0.25) is 11.9 Å². The van der Waals surface area contributed by atoms with Crippen LogP contribution in [0.1, 0.15) is 18.0 Å². The zero-order chi connectivity index (χ0) is 19.2. The van der Waals surface area contributed by atoms with Gasteiger partial charge in [0.05, 0.1) is 19.3 Å². The maximum absolute atomic E-state index is 6.34. The summed E-state index contributed by atoms with van der Waals surface area (Å²) in [4.78, 5) is 15.1. The average Bonchev–Trinajstić information content (AvgIpc) is 2.65. The minimum absolute atomic E-state index is 0.0963. The van der Waals surface area contributed by atoms with Crippen molar-refractivity contribution in [2.75, 3.05) is 58.0 Å². The number of hydrogen-bond donors (Lipinski definition) is 3. The van der Waals surface area contributed by atoms with Crippen LogP contribution in [0.4, 0.5) is 11.9 Å². The maximum Gasteiger partial charge on any atom is 0.228 e. The van der Waals surface area contributed by atoms with Crippen molar-refractivity contribution in [3.63, 3.8) is 0 Å². The van der Waals surface area contributed by atoms with Crippen molar-refractivity contribution in [2.45, 2.75) is 12.5 Å². The minimum atomic E-state index is 0.0963. The fourth-order valence-corrected chi connectivity index (χ4v) is 3.16.